The van der Waals surface area contributed by atoms with Crippen molar-refractivity contribution < 1.29 is 47.9 Å². The van der Waals surface area contributed by atoms with Crippen molar-refractivity contribution in [2.75, 3.05) is 13.2 Å². The first kappa shape index (κ1) is 43.4. The zero-order chi connectivity index (χ0) is 44.1. The van der Waals surface area contributed by atoms with Crippen molar-refractivity contribution in [1.82, 2.24) is 10.2 Å². The van der Waals surface area contributed by atoms with Gasteiger partial charge in [-0.1, -0.05) is 98.1 Å². The smallest absolute Gasteiger partial charge is 0.336 e. The van der Waals surface area contributed by atoms with Crippen LogP contribution in [0.2, 0.25) is 0 Å². The molecule has 2 aliphatic rings. The molecule has 0 unspecified atom stereocenters. The van der Waals surface area contributed by atoms with E-state index in [-0.39, 0.29) is 47.7 Å². The molecule has 2 atom stereocenters. The first-order chi connectivity index (χ1) is 29.8. The van der Waals surface area contributed by atoms with Gasteiger partial charge in [0.2, 0.25) is 14.6 Å². The molecule has 0 amide bonds. The number of hydrogen-bond donors (Lipinski definition) is 4. The number of aromatic hydroxyl groups is 2. The second kappa shape index (κ2) is 17.7. The van der Waals surface area contributed by atoms with Gasteiger partial charge in [-0.05, 0) is 74.5 Å². The Morgan fingerprint density at radius 1 is 0.548 bits per heavy atom. The number of phenolic OH excluding ortho intramolecular Hbond substituents is 2. The number of benzene rings is 6. The molecule has 62 heavy (non-hydrogen) atoms. The highest BCUT2D eigenvalue weighted by atomic mass is 31.2. The van der Waals surface area contributed by atoms with E-state index < -0.39 is 37.6 Å². The number of carbonyl (C=O) groups excluding carboxylic acids is 2. The van der Waals surface area contributed by atoms with Crippen molar-refractivity contribution in [3.63, 3.8) is 0 Å². The van der Waals surface area contributed by atoms with Crippen LogP contribution in [0.25, 0.3) is 0 Å². The second-order valence-electron chi connectivity index (χ2n) is 14.6. The summed E-state index contributed by atoms with van der Waals surface area (Å²) < 4.78 is 50.7. The Morgan fingerprint density at radius 3 is 1.11 bits per heavy atom. The van der Waals surface area contributed by atoms with Crippen LogP contribution in [-0.4, -0.2) is 35.4 Å². The number of nitrogens with one attached hydrogen (secondary N) is 2. The molecule has 2 aliphatic heterocycles. The summed E-state index contributed by atoms with van der Waals surface area (Å²) in [5.41, 5.74) is -2.00. The van der Waals surface area contributed by atoms with Gasteiger partial charge >= 0.3 is 11.9 Å². The quantitative estimate of drug-likeness (QED) is 0.0376. The standard InChI is InChI=1S/2C24H22NO5P/c2*1-3-14-29-22-15-19-21(16-20(22)26)30-23(27)24(19,2)25-31(28,17-10-6-4-7-11-17)18-12-8-5-9-13-18/h2*3-13,15-16,26H,1,14H2,2H3,(H,25,28)/t2*24-/m00/s1. The summed E-state index contributed by atoms with van der Waals surface area (Å²) in [7, 11) is -6.90. The summed E-state index contributed by atoms with van der Waals surface area (Å²) in [6.07, 6.45) is 3.09. The van der Waals surface area contributed by atoms with E-state index in [2.05, 4.69) is 23.3 Å². The molecule has 6 aromatic rings. The van der Waals surface area contributed by atoms with E-state index in [0.717, 1.165) is 0 Å². The predicted octanol–water partition coefficient (Wildman–Crippen LogP) is 7.22. The molecular formula is C48H44N2O10P2. The average Bonchev–Trinajstić information content (AvgIpc) is 3.66. The average molecular weight is 871 g/mol. The van der Waals surface area contributed by atoms with E-state index in [1.807, 2.05) is 24.3 Å². The van der Waals surface area contributed by atoms with E-state index in [9.17, 15) is 28.9 Å². The van der Waals surface area contributed by atoms with Crippen molar-refractivity contribution in [1.29, 1.82) is 0 Å². The molecule has 6 aromatic carbocycles. The zero-order valence-electron chi connectivity index (χ0n) is 33.9. The van der Waals surface area contributed by atoms with Gasteiger partial charge in [-0.25, -0.2) is 19.8 Å². The number of hydrogen-bond acceptors (Lipinski definition) is 10. The Labute approximate surface area is 359 Å². The molecule has 12 nitrogen and oxygen atoms in total. The highest BCUT2D eigenvalue weighted by molar-refractivity contribution is 7.77. The summed E-state index contributed by atoms with van der Waals surface area (Å²) in [4.78, 5) is 26.0. The molecule has 0 spiro atoms. The fourth-order valence-electron chi connectivity index (χ4n) is 7.15. The molecule has 4 N–H and O–H groups in total. The largest absolute Gasteiger partial charge is 0.504 e. The third-order valence-electron chi connectivity index (χ3n) is 10.4. The van der Waals surface area contributed by atoms with Crippen LogP contribution < -0.4 is 50.3 Å². The SMILES string of the molecule is C=CCOc1cc2c(cc1O)OC(=O)[C@@]2(C)NP(=O)(c1ccccc1)c1ccccc1.C=CCOc1cc2c(cc1O)OC(=O)[C@@]2(C)NP(=O)(c1ccccc1)c1ccccc1. The molecule has 0 saturated heterocycles. The van der Waals surface area contributed by atoms with Gasteiger partial charge in [0, 0.05) is 44.5 Å². The van der Waals surface area contributed by atoms with Crippen LogP contribution in [0.15, 0.2) is 171 Å². The molecule has 14 heteroatoms. The van der Waals surface area contributed by atoms with Gasteiger partial charge < -0.3 is 29.2 Å². The highest BCUT2D eigenvalue weighted by Crippen LogP contribution is 2.52. The van der Waals surface area contributed by atoms with Gasteiger partial charge in [-0.15, -0.1) is 0 Å². The predicted molar refractivity (Wildman–Crippen MR) is 239 cm³/mol. The van der Waals surface area contributed by atoms with Gasteiger partial charge in [0.05, 0.1) is 0 Å². The van der Waals surface area contributed by atoms with Crippen LogP contribution in [0.4, 0.5) is 0 Å². The van der Waals surface area contributed by atoms with E-state index in [4.69, 9.17) is 18.9 Å². The monoisotopic (exact) mass is 870 g/mol. The summed E-state index contributed by atoms with van der Waals surface area (Å²) in [5.74, 6) is -0.811. The topological polar surface area (TPSA) is 170 Å². The molecule has 0 aromatic heterocycles. The van der Waals surface area contributed by atoms with E-state index >= 15 is 0 Å². The van der Waals surface area contributed by atoms with Crippen molar-refractivity contribution in [3.05, 3.63) is 182 Å². The Hall–Kier alpha value is -6.68. The Morgan fingerprint density at radius 2 is 0.839 bits per heavy atom. The molecule has 0 saturated carbocycles. The molecule has 316 valence electrons. The number of esters is 2. The van der Waals surface area contributed by atoms with E-state index in [0.29, 0.717) is 32.3 Å². The number of fused-ring (bicyclic) bond motifs is 2. The lowest BCUT2D eigenvalue weighted by Crippen LogP contribution is -2.46. The molecule has 8 rings (SSSR count). The fourth-order valence-corrected chi connectivity index (χ4v) is 12.3. The lowest BCUT2D eigenvalue weighted by molar-refractivity contribution is -0.139. The maximum Gasteiger partial charge on any atom is 0.336 e. The zero-order valence-corrected chi connectivity index (χ0v) is 35.7. The first-order valence-corrected chi connectivity index (χ1v) is 22.9. The molecule has 0 bridgehead atoms. The van der Waals surface area contributed by atoms with Crippen LogP contribution in [-0.2, 0) is 29.8 Å². The molecule has 2 heterocycles. The fraction of sp³-hybridized carbons (Fsp3) is 0.125. The van der Waals surface area contributed by atoms with Crippen LogP contribution in [0.5, 0.6) is 34.5 Å². The van der Waals surface area contributed by atoms with Gasteiger partial charge in [0.25, 0.3) is 0 Å². The third-order valence-corrected chi connectivity index (χ3v) is 16.0. The maximum atomic E-state index is 14.4. The van der Waals surface area contributed by atoms with E-state index in [1.54, 1.807) is 123 Å². The minimum absolute atomic E-state index is 0.160. The number of rotatable bonds is 14. The van der Waals surface area contributed by atoms with Gasteiger partial charge in [0.15, 0.2) is 23.0 Å². The third kappa shape index (κ3) is 8.21. The summed E-state index contributed by atoms with van der Waals surface area (Å²) >= 11 is 0. The Balaban J connectivity index is 0.000000186. The molecular weight excluding hydrogens is 826 g/mol. The Kier molecular flexibility index (Phi) is 12.4. The van der Waals surface area contributed by atoms with Crippen LogP contribution in [0.3, 0.4) is 0 Å². The summed E-state index contributed by atoms with van der Waals surface area (Å²) in [6.45, 7) is 10.8. The van der Waals surface area contributed by atoms with Crippen LogP contribution >= 0.6 is 14.6 Å². The van der Waals surface area contributed by atoms with Crippen LogP contribution in [0.1, 0.15) is 25.0 Å². The van der Waals surface area contributed by atoms with Crippen molar-refractivity contribution in [3.8, 4) is 34.5 Å². The second-order valence-corrected chi connectivity index (χ2v) is 19.6. The summed E-state index contributed by atoms with van der Waals surface area (Å²) in [5, 5.41) is 29.0. The summed E-state index contributed by atoms with van der Waals surface area (Å²) in [6, 6.07) is 41.6. The van der Waals surface area contributed by atoms with Gasteiger partial charge in [-0.3, -0.25) is 9.13 Å². The van der Waals surface area contributed by atoms with Gasteiger partial charge in [0.1, 0.15) is 35.8 Å². The lowest BCUT2D eigenvalue weighted by atomic mass is 9.94. The molecule has 0 radical (unpaired) electrons. The van der Waals surface area contributed by atoms with Crippen molar-refractivity contribution >= 4 is 47.7 Å². The van der Waals surface area contributed by atoms with Crippen LogP contribution in [0, 0.1) is 0 Å². The Bertz CT molecular complexity index is 2460. The number of phenols is 2. The maximum absolute atomic E-state index is 14.4. The first-order valence-electron chi connectivity index (χ1n) is 19.4. The highest BCUT2D eigenvalue weighted by Gasteiger charge is 2.52. The minimum Gasteiger partial charge on any atom is -0.504 e. The lowest BCUT2D eigenvalue weighted by Gasteiger charge is -2.30. The number of ether oxygens (including phenoxy) is 4. The van der Waals surface area contributed by atoms with Crippen molar-refractivity contribution in [2.24, 2.45) is 0 Å². The normalized spacial score (nSPS) is 17.6. The molecule has 0 fully saturated rings. The van der Waals surface area contributed by atoms with Crippen molar-refractivity contribution in [2.45, 2.75) is 24.9 Å². The van der Waals surface area contributed by atoms with E-state index in [1.165, 1.54) is 24.3 Å². The van der Waals surface area contributed by atoms with Gasteiger partial charge in [-0.2, -0.15) is 0 Å². The molecule has 0 aliphatic carbocycles. The number of carbonyl (C=O) groups is 2. The minimum atomic E-state index is -3.45.